The molecule has 4 heteroatoms. The molecule has 1 N–H and O–H groups in total. The Kier molecular flexibility index (Phi) is 6.77. The van der Waals surface area contributed by atoms with Crippen LogP contribution in [-0.2, 0) is 4.79 Å². The molecule has 0 saturated carbocycles. The lowest BCUT2D eigenvalue weighted by atomic mass is 10.3. The molecule has 0 aliphatic rings. The van der Waals surface area contributed by atoms with E-state index in [1.165, 1.54) is 0 Å². The molecule has 0 spiro atoms. The molecule has 0 fully saturated rings. The summed E-state index contributed by atoms with van der Waals surface area (Å²) in [5.74, 6) is 0.0412. The molecular weight excluding hydrogens is 178 g/mol. The van der Waals surface area contributed by atoms with Gasteiger partial charge in [0.1, 0.15) is 0 Å². The molecule has 0 bridgehead atoms. The van der Waals surface area contributed by atoms with Crippen molar-refractivity contribution >= 4 is 5.91 Å². The van der Waals surface area contributed by atoms with Gasteiger partial charge < -0.3 is 5.32 Å². The van der Waals surface area contributed by atoms with Crippen LogP contribution < -0.4 is 5.32 Å². The number of rotatable bonds is 6. The summed E-state index contributed by atoms with van der Waals surface area (Å²) < 4.78 is 0. The third-order valence-electron chi connectivity index (χ3n) is 1.69. The minimum atomic E-state index is 0.0412. The third-order valence-corrected chi connectivity index (χ3v) is 1.69. The van der Waals surface area contributed by atoms with Gasteiger partial charge in [-0.05, 0) is 33.9 Å². The van der Waals surface area contributed by atoms with E-state index >= 15 is 0 Å². The maximum absolute atomic E-state index is 11.3. The first-order valence-corrected chi connectivity index (χ1v) is 4.91. The second kappa shape index (κ2) is 7.34. The molecule has 0 heterocycles. The second-order valence-corrected chi connectivity index (χ2v) is 3.72. The number of hydrogen-bond acceptors (Lipinski definition) is 3. The standard InChI is InChI=1S/C10H19N3O/c1-9(2)12-10(14)8-13(3)7-5-4-6-11/h9H,4-5,7-8H2,1-3H3,(H,12,14). The number of unbranched alkanes of at least 4 members (excludes halogenated alkanes) is 1. The lowest BCUT2D eigenvalue weighted by Crippen LogP contribution is -2.38. The topological polar surface area (TPSA) is 56.1 Å². The van der Waals surface area contributed by atoms with Crippen LogP contribution in [0.25, 0.3) is 0 Å². The van der Waals surface area contributed by atoms with Crippen molar-refractivity contribution in [3.63, 3.8) is 0 Å². The van der Waals surface area contributed by atoms with Gasteiger partial charge in [-0.1, -0.05) is 0 Å². The van der Waals surface area contributed by atoms with Gasteiger partial charge in [0.05, 0.1) is 12.6 Å². The summed E-state index contributed by atoms with van der Waals surface area (Å²) in [5, 5.41) is 11.2. The molecule has 0 radical (unpaired) electrons. The number of amides is 1. The van der Waals surface area contributed by atoms with Crippen molar-refractivity contribution in [3.8, 4) is 6.07 Å². The van der Waals surface area contributed by atoms with Crippen LogP contribution in [0.4, 0.5) is 0 Å². The van der Waals surface area contributed by atoms with E-state index in [9.17, 15) is 4.79 Å². The van der Waals surface area contributed by atoms with Crippen LogP contribution in [-0.4, -0.2) is 37.0 Å². The fourth-order valence-electron chi connectivity index (χ4n) is 1.12. The lowest BCUT2D eigenvalue weighted by Gasteiger charge is -2.16. The number of likely N-dealkylation sites (N-methyl/N-ethyl adjacent to an activating group) is 1. The number of nitrogens with zero attached hydrogens (tertiary/aromatic N) is 2. The van der Waals surface area contributed by atoms with Gasteiger partial charge in [-0.15, -0.1) is 0 Å². The highest BCUT2D eigenvalue weighted by Crippen LogP contribution is 1.91. The Morgan fingerprint density at radius 1 is 1.57 bits per heavy atom. The maximum Gasteiger partial charge on any atom is 0.234 e. The van der Waals surface area contributed by atoms with E-state index in [0.717, 1.165) is 13.0 Å². The molecule has 0 aliphatic heterocycles. The monoisotopic (exact) mass is 197 g/mol. The number of nitriles is 1. The third kappa shape index (κ3) is 7.56. The van der Waals surface area contributed by atoms with E-state index < -0.39 is 0 Å². The van der Waals surface area contributed by atoms with Gasteiger partial charge >= 0.3 is 0 Å². The van der Waals surface area contributed by atoms with E-state index in [2.05, 4.69) is 11.4 Å². The van der Waals surface area contributed by atoms with Crippen LogP contribution in [0.15, 0.2) is 0 Å². The number of hydrogen-bond donors (Lipinski definition) is 1. The average molecular weight is 197 g/mol. The normalized spacial score (nSPS) is 10.3. The van der Waals surface area contributed by atoms with Gasteiger partial charge in [0.15, 0.2) is 0 Å². The Morgan fingerprint density at radius 3 is 2.71 bits per heavy atom. The van der Waals surface area contributed by atoms with E-state index in [1.54, 1.807) is 0 Å². The minimum absolute atomic E-state index is 0.0412. The van der Waals surface area contributed by atoms with Crippen LogP contribution in [0.1, 0.15) is 26.7 Å². The molecule has 0 saturated heterocycles. The fourth-order valence-corrected chi connectivity index (χ4v) is 1.12. The van der Waals surface area contributed by atoms with Crippen LogP contribution >= 0.6 is 0 Å². The Labute approximate surface area is 85.9 Å². The van der Waals surface area contributed by atoms with Crippen molar-refractivity contribution in [2.24, 2.45) is 0 Å². The predicted octanol–water partition coefficient (Wildman–Crippen LogP) is 0.747. The molecule has 80 valence electrons. The van der Waals surface area contributed by atoms with Crippen molar-refractivity contribution in [2.75, 3.05) is 20.1 Å². The molecule has 0 unspecified atom stereocenters. The first kappa shape index (κ1) is 12.9. The highest BCUT2D eigenvalue weighted by molar-refractivity contribution is 5.78. The number of nitrogens with one attached hydrogen (secondary N) is 1. The Balaban J connectivity index is 3.56. The molecule has 1 amide bonds. The lowest BCUT2D eigenvalue weighted by molar-refractivity contribution is -0.122. The van der Waals surface area contributed by atoms with Crippen LogP contribution in [0.2, 0.25) is 0 Å². The van der Waals surface area contributed by atoms with Crippen molar-refractivity contribution in [1.82, 2.24) is 10.2 Å². The van der Waals surface area contributed by atoms with Gasteiger partial charge in [-0.2, -0.15) is 5.26 Å². The summed E-state index contributed by atoms with van der Waals surface area (Å²) in [6.45, 7) is 5.07. The van der Waals surface area contributed by atoms with Gasteiger partial charge in [0.2, 0.25) is 5.91 Å². The molecular formula is C10H19N3O. The zero-order valence-electron chi connectivity index (χ0n) is 9.21. The first-order chi connectivity index (χ1) is 6.56. The summed E-state index contributed by atoms with van der Waals surface area (Å²) in [6.07, 6.45) is 1.37. The van der Waals surface area contributed by atoms with Gasteiger partial charge in [-0.3, -0.25) is 9.69 Å². The highest BCUT2D eigenvalue weighted by atomic mass is 16.2. The largest absolute Gasteiger partial charge is 0.353 e. The Hall–Kier alpha value is -1.08. The number of carbonyl (C=O) groups is 1. The quantitative estimate of drug-likeness (QED) is 0.639. The SMILES string of the molecule is CC(C)NC(=O)CN(C)CCCC#N. The highest BCUT2D eigenvalue weighted by Gasteiger charge is 2.06. The summed E-state index contributed by atoms with van der Waals surface area (Å²) >= 11 is 0. The smallest absolute Gasteiger partial charge is 0.234 e. The minimum Gasteiger partial charge on any atom is -0.353 e. The van der Waals surface area contributed by atoms with E-state index in [-0.39, 0.29) is 11.9 Å². The first-order valence-electron chi connectivity index (χ1n) is 4.91. The van der Waals surface area contributed by atoms with Crippen LogP contribution in [0.5, 0.6) is 0 Å². The molecule has 14 heavy (non-hydrogen) atoms. The summed E-state index contributed by atoms with van der Waals surface area (Å²) in [6, 6.07) is 2.27. The predicted molar refractivity (Wildman–Crippen MR) is 55.6 cm³/mol. The zero-order valence-corrected chi connectivity index (χ0v) is 9.21. The molecule has 0 aliphatic carbocycles. The fraction of sp³-hybridized carbons (Fsp3) is 0.800. The van der Waals surface area contributed by atoms with Gasteiger partial charge in [-0.25, -0.2) is 0 Å². The Bertz CT molecular complexity index is 208. The molecule has 4 nitrogen and oxygen atoms in total. The van der Waals surface area contributed by atoms with Crippen molar-refractivity contribution < 1.29 is 4.79 Å². The van der Waals surface area contributed by atoms with Crippen molar-refractivity contribution in [3.05, 3.63) is 0 Å². The molecule has 0 aromatic rings. The van der Waals surface area contributed by atoms with E-state index in [0.29, 0.717) is 13.0 Å². The molecule has 0 rings (SSSR count). The van der Waals surface area contributed by atoms with Crippen LogP contribution in [0.3, 0.4) is 0 Å². The number of carbonyl (C=O) groups excluding carboxylic acids is 1. The van der Waals surface area contributed by atoms with E-state index in [1.807, 2.05) is 25.8 Å². The maximum atomic E-state index is 11.3. The molecule has 0 aromatic carbocycles. The van der Waals surface area contributed by atoms with E-state index in [4.69, 9.17) is 5.26 Å². The van der Waals surface area contributed by atoms with Gasteiger partial charge in [0, 0.05) is 12.5 Å². The zero-order chi connectivity index (χ0) is 11.0. The average Bonchev–Trinajstić information content (AvgIpc) is 2.02. The second-order valence-electron chi connectivity index (χ2n) is 3.72. The summed E-state index contributed by atoms with van der Waals surface area (Å²) in [7, 11) is 1.89. The van der Waals surface area contributed by atoms with Crippen molar-refractivity contribution in [2.45, 2.75) is 32.7 Å². The van der Waals surface area contributed by atoms with Crippen LogP contribution in [0, 0.1) is 11.3 Å². The van der Waals surface area contributed by atoms with Crippen molar-refractivity contribution in [1.29, 1.82) is 5.26 Å². The Morgan fingerprint density at radius 2 is 2.21 bits per heavy atom. The molecule has 0 aromatic heterocycles. The molecule has 0 atom stereocenters. The van der Waals surface area contributed by atoms with Gasteiger partial charge in [0.25, 0.3) is 0 Å². The summed E-state index contributed by atoms with van der Waals surface area (Å²) in [5.41, 5.74) is 0. The summed E-state index contributed by atoms with van der Waals surface area (Å²) in [4.78, 5) is 13.2.